The minimum atomic E-state index is -0.112. The quantitative estimate of drug-likeness (QED) is 0.863. The molecule has 1 rings (SSSR count). The lowest BCUT2D eigenvalue weighted by Crippen LogP contribution is -2.33. The van der Waals surface area contributed by atoms with Crippen molar-refractivity contribution < 1.29 is 4.79 Å². The van der Waals surface area contributed by atoms with Crippen LogP contribution in [0.3, 0.4) is 0 Å². The number of nitrogens with two attached hydrogens (primary N) is 1. The smallest absolute Gasteiger partial charge is 0.228 e. The van der Waals surface area contributed by atoms with Crippen LogP contribution in [0.25, 0.3) is 0 Å². The number of hydrogen-bond donors (Lipinski definition) is 1. The van der Waals surface area contributed by atoms with E-state index in [2.05, 4.69) is 6.07 Å². The highest BCUT2D eigenvalue weighted by Gasteiger charge is 2.16. The average molecular weight is 245 g/mol. The fraction of sp³-hybridized carbons (Fsp3) is 0.429. The van der Waals surface area contributed by atoms with Crippen molar-refractivity contribution in [2.45, 2.75) is 32.2 Å². The van der Waals surface area contributed by atoms with Crippen LogP contribution in [-0.2, 0) is 4.79 Å². The van der Waals surface area contributed by atoms with Gasteiger partial charge in [-0.2, -0.15) is 5.26 Å². The van der Waals surface area contributed by atoms with Gasteiger partial charge in [0.2, 0.25) is 5.91 Å². The van der Waals surface area contributed by atoms with E-state index in [1.807, 2.05) is 13.0 Å². The molecule has 2 N–H and O–H groups in total. The zero-order valence-electron chi connectivity index (χ0n) is 10.9. The van der Waals surface area contributed by atoms with Crippen molar-refractivity contribution >= 4 is 11.6 Å². The van der Waals surface area contributed by atoms with Gasteiger partial charge in [0.15, 0.2) is 0 Å². The number of benzene rings is 1. The summed E-state index contributed by atoms with van der Waals surface area (Å²) in [5.74, 6) is -0.0568. The van der Waals surface area contributed by atoms with Gasteiger partial charge in [-0.25, -0.2) is 0 Å². The van der Waals surface area contributed by atoms with Crippen molar-refractivity contribution in [3.05, 3.63) is 29.8 Å². The molecule has 96 valence electrons. The van der Waals surface area contributed by atoms with E-state index in [1.54, 1.807) is 25.2 Å². The minimum absolute atomic E-state index is 0.0568. The van der Waals surface area contributed by atoms with Gasteiger partial charge in [0.1, 0.15) is 6.07 Å². The maximum Gasteiger partial charge on any atom is 0.228 e. The summed E-state index contributed by atoms with van der Waals surface area (Å²) in [5.41, 5.74) is 6.99. The molecular formula is C14H19N3O. The van der Waals surface area contributed by atoms with E-state index < -0.39 is 0 Å². The lowest BCUT2D eigenvalue weighted by Gasteiger charge is -2.20. The summed E-state index contributed by atoms with van der Waals surface area (Å²) < 4.78 is 0. The molecule has 0 saturated heterocycles. The predicted octanol–water partition coefficient (Wildman–Crippen LogP) is 2.04. The van der Waals surface area contributed by atoms with Crippen LogP contribution in [0.15, 0.2) is 24.3 Å². The first-order chi connectivity index (χ1) is 8.60. The maximum atomic E-state index is 12.0. The highest BCUT2D eigenvalue weighted by Crippen LogP contribution is 2.19. The number of para-hydroxylation sites is 1. The number of amides is 1. The average Bonchev–Trinajstić information content (AvgIpc) is 2.38. The normalized spacial score (nSPS) is 11.7. The second-order valence-electron chi connectivity index (χ2n) is 4.33. The molecule has 0 heterocycles. The van der Waals surface area contributed by atoms with E-state index in [1.165, 1.54) is 4.90 Å². The molecule has 1 aromatic carbocycles. The Bertz CT molecular complexity index is 451. The lowest BCUT2D eigenvalue weighted by molar-refractivity contribution is -0.118. The van der Waals surface area contributed by atoms with Crippen LogP contribution < -0.4 is 10.6 Å². The van der Waals surface area contributed by atoms with Gasteiger partial charge in [0.25, 0.3) is 0 Å². The van der Waals surface area contributed by atoms with E-state index in [4.69, 9.17) is 11.0 Å². The number of carbonyl (C=O) groups excluding carboxylic acids is 1. The highest BCUT2D eigenvalue weighted by molar-refractivity contribution is 5.94. The first-order valence-corrected chi connectivity index (χ1v) is 6.11. The molecule has 0 bridgehead atoms. The maximum absolute atomic E-state index is 12.0. The molecule has 0 aliphatic carbocycles. The van der Waals surface area contributed by atoms with Crippen LogP contribution in [-0.4, -0.2) is 19.0 Å². The largest absolute Gasteiger partial charge is 0.327 e. The monoisotopic (exact) mass is 245 g/mol. The summed E-state index contributed by atoms with van der Waals surface area (Å²) >= 11 is 0. The molecule has 4 heteroatoms. The Morgan fingerprint density at radius 2 is 2.17 bits per heavy atom. The van der Waals surface area contributed by atoms with Gasteiger partial charge in [0.05, 0.1) is 11.3 Å². The fourth-order valence-corrected chi connectivity index (χ4v) is 1.83. The Balaban J connectivity index is 2.78. The number of hydrogen-bond acceptors (Lipinski definition) is 3. The van der Waals surface area contributed by atoms with E-state index in [-0.39, 0.29) is 11.9 Å². The van der Waals surface area contributed by atoms with E-state index in [0.29, 0.717) is 17.7 Å². The number of carbonyl (C=O) groups is 1. The van der Waals surface area contributed by atoms with Crippen molar-refractivity contribution in [3.63, 3.8) is 0 Å². The number of anilines is 1. The molecule has 1 aromatic rings. The molecule has 4 nitrogen and oxygen atoms in total. The fourth-order valence-electron chi connectivity index (χ4n) is 1.83. The Morgan fingerprint density at radius 1 is 1.50 bits per heavy atom. The Kier molecular flexibility index (Phi) is 5.34. The molecule has 1 atom stereocenters. The molecule has 0 aromatic heterocycles. The third-order valence-electron chi connectivity index (χ3n) is 2.86. The van der Waals surface area contributed by atoms with Gasteiger partial charge in [-0.3, -0.25) is 4.79 Å². The summed E-state index contributed by atoms with van der Waals surface area (Å²) in [5, 5.41) is 9.00. The summed E-state index contributed by atoms with van der Waals surface area (Å²) in [7, 11) is 1.68. The summed E-state index contributed by atoms with van der Waals surface area (Å²) in [6.07, 6.45) is 2.11. The van der Waals surface area contributed by atoms with Crippen molar-refractivity contribution in [1.82, 2.24) is 0 Å². The number of rotatable bonds is 5. The van der Waals surface area contributed by atoms with Gasteiger partial charge in [-0.15, -0.1) is 0 Å². The van der Waals surface area contributed by atoms with Crippen LogP contribution in [0.1, 0.15) is 31.7 Å². The van der Waals surface area contributed by atoms with Gasteiger partial charge in [0, 0.05) is 19.5 Å². The predicted molar refractivity (Wildman–Crippen MR) is 72.1 cm³/mol. The number of nitrogens with zero attached hydrogens (tertiary/aromatic N) is 2. The van der Waals surface area contributed by atoms with Crippen LogP contribution in [0.2, 0.25) is 0 Å². The van der Waals surface area contributed by atoms with Crippen molar-refractivity contribution in [2.75, 3.05) is 11.9 Å². The zero-order chi connectivity index (χ0) is 13.5. The molecule has 0 radical (unpaired) electrons. The first-order valence-electron chi connectivity index (χ1n) is 6.11. The second-order valence-corrected chi connectivity index (χ2v) is 4.33. The van der Waals surface area contributed by atoms with Crippen LogP contribution >= 0.6 is 0 Å². The Hall–Kier alpha value is -1.86. The Labute approximate surface area is 108 Å². The molecule has 0 aliphatic rings. The van der Waals surface area contributed by atoms with E-state index in [0.717, 1.165) is 12.8 Å². The van der Waals surface area contributed by atoms with Crippen LogP contribution in [0, 0.1) is 11.3 Å². The highest BCUT2D eigenvalue weighted by atomic mass is 16.2. The van der Waals surface area contributed by atoms with Gasteiger partial charge < -0.3 is 10.6 Å². The molecule has 0 aliphatic heterocycles. The SMILES string of the molecule is CCCC(N)CC(=O)N(C)c1ccccc1C#N. The summed E-state index contributed by atoms with van der Waals surface area (Å²) in [4.78, 5) is 13.5. The molecule has 1 unspecified atom stereocenters. The third-order valence-corrected chi connectivity index (χ3v) is 2.86. The standard InChI is InChI=1S/C14H19N3O/c1-3-6-12(16)9-14(18)17(2)13-8-5-4-7-11(13)10-15/h4-5,7-8,12H,3,6,9,16H2,1-2H3. The van der Waals surface area contributed by atoms with Crippen LogP contribution in [0.4, 0.5) is 5.69 Å². The zero-order valence-corrected chi connectivity index (χ0v) is 10.9. The van der Waals surface area contributed by atoms with Crippen LogP contribution in [0.5, 0.6) is 0 Å². The van der Waals surface area contributed by atoms with Gasteiger partial charge in [-0.05, 0) is 18.6 Å². The lowest BCUT2D eigenvalue weighted by atomic mass is 10.1. The molecule has 0 fully saturated rings. The molecule has 0 saturated carbocycles. The molecular weight excluding hydrogens is 226 g/mol. The topological polar surface area (TPSA) is 70.1 Å². The Morgan fingerprint density at radius 3 is 2.78 bits per heavy atom. The van der Waals surface area contributed by atoms with Crippen molar-refractivity contribution in [3.8, 4) is 6.07 Å². The van der Waals surface area contributed by atoms with Crippen molar-refractivity contribution in [2.24, 2.45) is 5.73 Å². The van der Waals surface area contributed by atoms with Gasteiger partial charge in [-0.1, -0.05) is 25.5 Å². The van der Waals surface area contributed by atoms with Crippen molar-refractivity contribution in [1.29, 1.82) is 5.26 Å². The van der Waals surface area contributed by atoms with Gasteiger partial charge >= 0.3 is 0 Å². The summed E-state index contributed by atoms with van der Waals surface area (Å²) in [6.45, 7) is 2.04. The molecule has 1 amide bonds. The molecule has 18 heavy (non-hydrogen) atoms. The first kappa shape index (κ1) is 14.2. The molecule has 0 spiro atoms. The third kappa shape index (κ3) is 3.57. The second kappa shape index (κ2) is 6.77. The van der Waals surface area contributed by atoms with E-state index in [9.17, 15) is 4.79 Å². The summed E-state index contributed by atoms with van der Waals surface area (Å²) in [6, 6.07) is 9.03. The number of nitriles is 1. The van der Waals surface area contributed by atoms with E-state index >= 15 is 0 Å². The minimum Gasteiger partial charge on any atom is -0.327 e.